The zero-order valence-corrected chi connectivity index (χ0v) is 46.6. The molecule has 2 heteroatoms. The molecule has 0 saturated heterocycles. The summed E-state index contributed by atoms with van der Waals surface area (Å²) >= 11 is 0. The standard InChI is InChI=1S/C80H60N2/c1-79(2)71-49-55(41-45-67(71)69-47-43-61(51-73(69)79)81(75-29-13-21-57-17-5-9-25-63(57)75)76-30-14-22-58-18-6-10-26-64(58)76)39-37-53-33-35-54(36-34-53)38-40-56-42-46-68-70-48-44-62(52-74(70)80(3,4)72(68)50-56)82(77-31-15-23-59-19-7-11-27-65(59)77)78-32-16-24-60-20-8-12-28-66(60)78/h5-52H,1-4H3/b39-37+,40-38+. The van der Waals surface area contributed by atoms with Crippen molar-refractivity contribution in [3.8, 4) is 22.3 Å². The van der Waals surface area contributed by atoms with Crippen molar-refractivity contribution in [1.29, 1.82) is 0 Å². The van der Waals surface area contributed by atoms with Gasteiger partial charge in [-0.15, -0.1) is 0 Å². The molecular formula is C80H60N2. The molecule has 0 amide bonds. The van der Waals surface area contributed by atoms with Gasteiger partial charge in [-0.05, 0) is 137 Å². The van der Waals surface area contributed by atoms with Crippen molar-refractivity contribution in [2.45, 2.75) is 38.5 Å². The van der Waals surface area contributed by atoms with E-state index in [0.717, 1.165) is 11.4 Å². The lowest BCUT2D eigenvalue weighted by molar-refractivity contribution is 0.660. The second-order valence-electron chi connectivity index (χ2n) is 23.3. The van der Waals surface area contributed by atoms with E-state index in [0.29, 0.717) is 0 Å². The molecule has 0 fully saturated rings. The molecule has 0 aliphatic heterocycles. The zero-order valence-electron chi connectivity index (χ0n) is 46.6. The van der Waals surface area contributed by atoms with Crippen molar-refractivity contribution < 1.29 is 0 Å². The number of hydrogen-bond acceptors (Lipinski definition) is 2. The molecule has 0 bridgehead atoms. The summed E-state index contributed by atoms with van der Waals surface area (Å²) < 4.78 is 0. The molecule has 2 nitrogen and oxygen atoms in total. The van der Waals surface area contributed by atoms with Crippen LogP contribution in [0.15, 0.2) is 267 Å². The summed E-state index contributed by atoms with van der Waals surface area (Å²) in [4.78, 5) is 4.94. The number of fused-ring (bicyclic) bond motifs is 10. The van der Waals surface area contributed by atoms with Gasteiger partial charge in [-0.3, -0.25) is 0 Å². The first kappa shape index (κ1) is 49.1. The van der Waals surface area contributed by atoms with Crippen LogP contribution >= 0.6 is 0 Å². The molecule has 0 atom stereocenters. The van der Waals surface area contributed by atoms with Gasteiger partial charge in [0, 0.05) is 43.7 Å². The summed E-state index contributed by atoms with van der Waals surface area (Å²) in [6, 6.07) is 98.6. The largest absolute Gasteiger partial charge is 0.309 e. The first-order chi connectivity index (χ1) is 40.2. The molecule has 0 radical (unpaired) electrons. The maximum Gasteiger partial charge on any atom is 0.0540 e. The molecule has 13 aromatic carbocycles. The van der Waals surface area contributed by atoms with Gasteiger partial charge in [0.1, 0.15) is 0 Å². The third-order valence-corrected chi connectivity index (χ3v) is 17.8. The highest BCUT2D eigenvalue weighted by Gasteiger charge is 2.38. The molecule has 0 N–H and O–H groups in total. The Bertz CT molecular complexity index is 4280. The van der Waals surface area contributed by atoms with Crippen molar-refractivity contribution in [2.75, 3.05) is 9.80 Å². The molecule has 390 valence electrons. The molecule has 0 heterocycles. The van der Waals surface area contributed by atoms with Crippen molar-refractivity contribution in [1.82, 2.24) is 0 Å². The minimum Gasteiger partial charge on any atom is -0.309 e. The van der Waals surface area contributed by atoms with Gasteiger partial charge in [-0.1, -0.05) is 270 Å². The average Bonchev–Trinajstić information content (AvgIpc) is 3.33. The molecule has 2 aliphatic rings. The van der Waals surface area contributed by atoms with Crippen LogP contribution in [-0.4, -0.2) is 0 Å². The Labute approximate surface area is 480 Å². The van der Waals surface area contributed by atoms with Crippen LogP contribution in [0, 0.1) is 0 Å². The number of nitrogens with zero attached hydrogens (tertiary/aromatic N) is 2. The van der Waals surface area contributed by atoms with Gasteiger partial charge in [0.2, 0.25) is 0 Å². The summed E-state index contributed by atoms with van der Waals surface area (Å²) in [5.41, 5.74) is 21.9. The maximum absolute atomic E-state index is 2.47. The minimum absolute atomic E-state index is 0.205. The van der Waals surface area contributed by atoms with Gasteiger partial charge in [0.15, 0.2) is 0 Å². The predicted molar refractivity (Wildman–Crippen MR) is 352 cm³/mol. The summed E-state index contributed by atoms with van der Waals surface area (Å²) in [5.74, 6) is 0. The quantitative estimate of drug-likeness (QED) is 0.126. The number of hydrogen-bond donors (Lipinski definition) is 0. The Balaban J connectivity index is 0.679. The van der Waals surface area contributed by atoms with E-state index in [4.69, 9.17) is 0 Å². The van der Waals surface area contributed by atoms with Crippen LogP contribution in [-0.2, 0) is 10.8 Å². The van der Waals surface area contributed by atoms with E-state index in [1.165, 1.54) is 133 Å². The molecule has 0 aromatic heterocycles. The van der Waals surface area contributed by atoms with Gasteiger partial charge >= 0.3 is 0 Å². The topological polar surface area (TPSA) is 6.48 Å². The SMILES string of the molecule is CC1(C)c2cc(/C=C/c3ccc(/C=C/c4ccc5c(c4)C(C)(C)c4cc(N(c6cccc7ccccc67)c6cccc7ccccc67)ccc4-5)cc3)ccc2-c2ccc(N(c3cccc4ccccc34)c3cccc4ccccc34)cc21. The third kappa shape index (κ3) is 8.16. The maximum atomic E-state index is 2.47. The molecule has 0 unspecified atom stereocenters. The van der Waals surface area contributed by atoms with Crippen LogP contribution in [0.4, 0.5) is 34.1 Å². The van der Waals surface area contributed by atoms with E-state index in [1.54, 1.807) is 0 Å². The van der Waals surface area contributed by atoms with Crippen molar-refractivity contribution in [2.24, 2.45) is 0 Å². The normalized spacial score (nSPS) is 13.7. The van der Waals surface area contributed by atoms with E-state index >= 15 is 0 Å². The van der Waals surface area contributed by atoms with Crippen LogP contribution in [0.3, 0.4) is 0 Å². The lowest BCUT2D eigenvalue weighted by Crippen LogP contribution is -2.17. The Morgan fingerprint density at radius 1 is 0.244 bits per heavy atom. The minimum atomic E-state index is -0.205. The molecule has 2 aliphatic carbocycles. The van der Waals surface area contributed by atoms with Crippen molar-refractivity contribution in [3.63, 3.8) is 0 Å². The lowest BCUT2D eigenvalue weighted by atomic mass is 9.81. The van der Waals surface area contributed by atoms with E-state index < -0.39 is 0 Å². The van der Waals surface area contributed by atoms with Gasteiger partial charge in [0.25, 0.3) is 0 Å². The second kappa shape index (κ2) is 19.4. The Morgan fingerprint density at radius 2 is 0.500 bits per heavy atom. The summed E-state index contributed by atoms with van der Waals surface area (Å²) in [5, 5.41) is 9.81. The highest BCUT2D eigenvalue weighted by atomic mass is 15.2. The zero-order chi connectivity index (χ0) is 55.1. The Hall–Kier alpha value is -10.0. The number of benzene rings is 13. The monoisotopic (exact) mass is 1050 g/mol. The highest BCUT2D eigenvalue weighted by Crippen LogP contribution is 2.54. The van der Waals surface area contributed by atoms with Crippen molar-refractivity contribution in [3.05, 3.63) is 311 Å². The smallest absolute Gasteiger partial charge is 0.0540 e. The summed E-state index contributed by atoms with van der Waals surface area (Å²) in [6.07, 6.45) is 9.00. The molecular weight excluding hydrogens is 989 g/mol. The van der Waals surface area contributed by atoms with Crippen LogP contribution < -0.4 is 9.80 Å². The summed E-state index contributed by atoms with van der Waals surface area (Å²) in [6.45, 7) is 9.53. The fraction of sp³-hybridized carbons (Fsp3) is 0.0750. The van der Waals surface area contributed by atoms with Crippen LogP contribution in [0.5, 0.6) is 0 Å². The molecule has 13 aromatic rings. The number of anilines is 6. The van der Waals surface area contributed by atoms with Crippen LogP contribution in [0.25, 0.3) is 89.6 Å². The molecule has 82 heavy (non-hydrogen) atoms. The molecule has 15 rings (SSSR count). The average molecular weight is 1050 g/mol. The van der Waals surface area contributed by atoms with Gasteiger partial charge in [0.05, 0.1) is 22.7 Å². The van der Waals surface area contributed by atoms with Gasteiger partial charge in [-0.25, -0.2) is 0 Å². The van der Waals surface area contributed by atoms with Crippen molar-refractivity contribution >= 4 is 102 Å². The van der Waals surface area contributed by atoms with E-state index in [9.17, 15) is 0 Å². The predicted octanol–water partition coefficient (Wildman–Crippen LogP) is 22.2. The van der Waals surface area contributed by atoms with E-state index in [-0.39, 0.29) is 10.8 Å². The third-order valence-electron chi connectivity index (χ3n) is 17.8. The first-order valence-electron chi connectivity index (χ1n) is 28.7. The van der Waals surface area contributed by atoms with E-state index in [1.807, 2.05) is 0 Å². The fourth-order valence-electron chi connectivity index (χ4n) is 13.5. The number of rotatable bonds is 10. The Kier molecular flexibility index (Phi) is 11.6. The molecule has 0 saturated carbocycles. The summed E-state index contributed by atoms with van der Waals surface area (Å²) in [7, 11) is 0. The highest BCUT2D eigenvalue weighted by molar-refractivity contribution is 6.07. The Morgan fingerprint density at radius 3 is 0.829 bits per heavy atom. The van der Waals surface area contributed by atoms with Crippen LogP contribution in [0.2, 0.25) is 0 Å². The lowest BCUT2D eigenvalue weighted by Gasteiger charge is -2.30. The van der Waals surface area contributed by atoms with Crippen LogP contribution in [0.1, 0.15) is 72.2 Å². The van der Waals surface area contributed by atoms with Gasteiger partial charge < -0.3 is 9.80 Å². The molecule has 0 spiro atoms. The fourth-order valence-corrected chi connectivity index (χ4v) is 13.5. The first-order valence-corrected chi connectivity index (χ1v) is 28.7. The van der Waals surface area contributed by atoms with Gasteiger partial charge in [-0.2, -0.15) is 0 Å². The van der Waals surface area contributed by atoms with E-state index in [2.05, 4.69) is 329 Å². The second-order valence-corrected chi connectivity index (χ2v) is 23.3.